The number of hydrogen-bond acceptors (Lipinski definition) is 7. The van der Waals surface area contributed by atoms with Crippen molar-refractivity contribution in [3.63, 3.8) is 0 Å². The molecule has 0 radical (unpaired) electrons. The van der Waals surface area contributed by atoms with Crippen molar-refractivity contribution < 1.29 is 33.2 Å². The van der Waals surface area contributed by atoms with E-state index in [1.54, 1.807) is 42.5 Å². The minimum Gasteiger partial charge on any atom is -0.497 e. The highest BCUT2D eigenvalue weighted by molar-refractivity contribution is 8.17. The highest BCUT2D eigenvalue weighted by Crippen LogP contribution is 2.43. The van der Waals surface area contributed by atoms with Crippen LogP contribution in [0.2, 0.25) is 0 Å². The van der Waals surface area contributed by atoms with Crippen molar-refractivity contribution >= 4 is 46.0 Å². The molecule has 2 aliphatic heterocycles. The van der Waals surface area contributed by atoms with Crippen LogP contribution in [0.25, 0.3) is 0 Å². The van der Waals surface area contributed by atoms with Gasteiger partial charge in [-0.05, 0) is 48.6 Å². The van der Waals surface area contributed by atoms with Gasteiger partial charge in [0.15, 0.2) is 28.9 Å². The molecular formula is C25H26N3O6S+. The number of urea groups is 1. The third-order valence-corrected chi connectivity index (χ3v) is 7.25. The van der Waals surface area contributed by atoms with Gasteiger partial charge in [0.2, 0.25) is 0 Å². The smallest absolute Gasteiger partial charge is 0.497 e. The molecule has 4 rings (SSSR count). The normalized spacial score (nSPS) is 17.5. The number of amides is 4. The first-order chi connectivity index (χ1) is 16.8. The Labute approximate surface area is 207 Å². The number of rotatable bonds is 7. The second-order valence-electron chi connectivity index (χ2n) is 7.94. The molecule has 2 heterocycles. The third-order valence-electron chi connectivity index (χ3n) is 5.96. The standard InChI is InChI=1S/C25H25N3O6S/c1-14-15(2)35-24-22(14)23(30)28(18-11-10-16(32-3)12-20(18)34-5)25(31)27(24)13-21(29)26-17-8-6-7-9-19(17)33-4/h6-12,22H,13H2,1-5H3/p+1. The molecule has 1 atom stereocenters. The molecule has 0 spiro atoms. The summed E-state index contributed by atoms with van der Waals surface area (Å²) in [6, 6.07) is 11.2. The largest absolute Gasteiger partial charge is 0.507 e. The van der Waals surface area contributed by atoms with E-state index < -0.39 is 23.8 Å². The van der Waals surface area contributed by atoms with Crippen LogP contribution in [0.3, 0.4) is 0 Å². The minimum atomic E-state index is -0.663. The molecule has 9 nitrogen and oxygen atoms in total. The van der Waals surface area contributed by atoms with Crippen LogP contribution in [-0.2, 0) is 9.59 Å². The Morgan fingerprint density at radius 3 is 2.43 bits per heavy atom. The van der Waals surface area contributed by atoms with E-state index >= 15 is 0 Å². The van der Waals surface area contributed by atoms with Gasteiger partial charge in [-0.15, -0.1) is 4.90 Å². The van der Waals surface area contributed by atoms with Crippen molar-refractivity contribution in [2.24, 2.45) is 5.92 Å². The summed E-state index contributed by atoms with van der Waals surface area (Å²) < 4.78 is 17.4. The number of hydrogen-bond donors (Lipinski definition) is 1. The summed E-state index contributed by atoms with van der Waals surface area (Å²) >= 11 is 1.34. The number of carbonyl (C=O) groups is 3. The van der Waals surface area contributed by atoms with Gasteiger partial charge >= 0.3 is 11.9 Å². The number of allylic oxidation sites excluding steroid dienone is 1. The van der Waals surface area contributed by atoms with Gasteiger partial charge < -0.3 is 19.5 Å². The van der Waals surface area contributed by atoms with Gasteiger partial charge in [0.25, 0.3) is 5.91 Å². The van der Waals surface area contributed by atoms with E-state index in [-0.39, 0.29) is 12.2 Å². The van der Waals surface area contributed by atoms with E-state index in [0.717, 1.165) is 15.4 Å². The molecule has 2 aromatic carbocycles. The van der Waals surface area contributed by atoms with E-state index in [2.05, 4.69) is 5.32 Å². The molecule has 2 aliphatic rings. The number of thioether (sulfide) groups is 1. The number of nitrogens with one attached hydrogen (secondary N) is 1. The zero-order valence-corrected chi connectivity index (χ0v) is 20.9. The van der Waals surface area contributed by atoms with Crippen molar-refractivity contribution in [1.29, 1.82) is 0 Å². The minimum absolute atomic E-state index is 0.278. The van der Waals surface area contributed by atoms with E-state index in [4.69, 9.17) is 14.2 Å². The molecule has 0 bridgehead atoms. The maximum Gasteiger partial charge on any atom is 0.507 e. The molecule has 0 aromatic heterocycles. The Balaban J connectivity index is 1.74. The highest BCUT2D eigenvalue weighted by atomic mass is 32.2. The molecule has 35 heavy (non-hydrogen) atoms. The van der Waals surface area contributed by atoms with Crippen molar-refractivity contribution in [1.82, 2.24) is 0 Å². The molecule has 2 aromatic rings. The first-order valence-electron chi connectivity index (χ1n) is 10.8. The Bertz CT molecular complexity index is 1290. The number of nitrogens with zero attached hydrogens (tertiary/aromatic N) is 2. The molecule has 1 unspecified atom stereocenters. The van der Waals surface area contributed by atoms with Crippen LogP contribution in [0.1, 0.15) is 13.8 Å². The lowest BCUT2D eigenvalue weighted by Gasteiger charge is -2.25. The second-order valence-corrected chi connectivity index (χ2v) is 9.18. The van der Waals surface area contributed by atoms with Crippen LogP contribution < -0.4 is 24.4 Å². The lowest BCUT2D eigenvalue weighted by atomic mass is 9.98. The number of carbonyl (C=O) groups excluding carboxylic acids is 3. The maximum atomic E-state index is 13.7. The van der Waals surface area contributed by atoms with Crippen LogP contribution in [0, 0.1) is 5.92 Å². The quantitative estimate of drug-likeness (QED) is 0.581. The van der Waals surface area contributed by atoms with Crippen LogP contribution in [0.15, 0.2) is 52.9 Å². The highest BCUT2D eigenvalue weighted by Gasteiger charge is 2.54. The van der Waals surface area contributed by atoms with Crippen LogP contribution in [-0.4, -0.2) is 55.3 Å². The summed E-state index contributed by atoms with van der Waals surface area (Å²) in [6.07, 6.45) is 0. The average molecular weight is 497 g/mol. The molecule has 0 aliphatic carbocycles. The molecule has 182 valence electrons. The Morgan fingerprint density at radius 2 is 1.74 bits per heavy atom. The molecular weight excluding hydrogens is 470 g/mol. The predicted octanol–water partition coefficient (Wildman–Crippen LogP) is 3.89. The van der Waals surface area contributed by atoms with Gasteiger partial charge in [-0.25, -0.2) is 4.79 Å². The van der Waals surface area contributed by atoms with Crippen LogP contribution in [0.5, 0.6) is 17.2 Å². The predicted molar refractivity (Wildman–Crippen MR) is 134 cm³/mol. The summed E-state index contributed by atoms with van der Waals surface area (Å²) in [5, 5.41) is 3.32. The van der Waals surface area contributed by atoms with Crippen LogP contribution in [0.4, 0.5) is 16.2 Å². The average Bonchev–Trinajstić information content (AvgIpc) is 3.16. The number of methoxy groups -OCH3 is 3. The summed E-state index contributed by atoms with van der Waals surface area (Å²) in [5.74, 6) is -0.157. The van der Waals surface area contributed by atoms with Crippen molar-refractivity contribution in [3.05, 3.63) is 52.9 Å². The number of imide groups is 1. The van der Waals surface area contributed by atoms with Crippen molar-refractivity contribution in [2.75, 3.05) is 38.1 Å². The van der Waals surface area contributed by atoms with E-state index in [1.807, 2.05) is 13.8 Å². The summed E-state index contributed by atoms with van der Waals surface area (Å²) in [4.78, 5) is 42.4. The lowest BCUT2D eigenvalue weighted by molar-refractivity contribution is -0.414. The number of fused-ring (bicyclic) bond motifs is 1. The Kier molecular flexibility index (Phi) is 6.83. The molecule has 1 N–H and O–H groups in total. The number of ether oxygens (including phenoxy) is 3. The Hall–Kier alpha value is -3.79. The monoisotopic (exact) mass is 496 g/mol. The summed E-state index contributed by atoms with van der Waals surface area (Å²) in [5.41, 5.74) is 1.61. The van der Waals surface area contributed by atoms with Crippen molar-refractivity contribution in [3.8, 4) is 17.2 Å². The molecule has 0 fully saturated rings. The van der Waals surface area contributed by atoms with Gasteiger partial charge in [-0.2, -0.15) is 9.37 Å². The fraction of sp³-hybridized carbons (Fsp3) is 0.280. The third kappa shape index (κ3) is 4.37. The first kappa shape index (κ1) is 24.3. The summed E-state index contributed by atoms with van der Waals surface area (Å²) in [6.45, 7) is 3.48. The lowest BCUT2D eigenvalue weighted by Crippen LogP contribution is -2.55. The first-order valence-corrected chi connectivity index (χ1v) is 11.6. The van der Waals surface area contributed by atoms with Gasteiger partial charge in [0, 0.05) is 6.07 Å². The fourth-order valence-electron chi connectivity index (χ4n) is 4.04. The van der Waals surface area contributed by atoms with Crippen molar-refractivity contribution in [2.45, 2.75) is 13.8 Å². The van der Waals surface area contributed by atoms with Gasteiger partial charge in [0.1, 0.15) is 11.5 Å². The zero-order chi connectivity index (χ0) is 25.3. The van der Waals surface area contributed by atoms with E-state index in [1.165, 1.54) is 37.7 Å². The molecule has 4 amide bonds. The zero-order valence-electron chi connectivity index (χ0n) is 20.1. The van der Waals surface area contributed by atoms with E-state index in [9.17, 15) is 14.4 Å². The maximum absolute atomic E-state index is 13.7. The number of para-hydroxylation sites is 2. The fourth-order valence-corrected chi connectivity index (χ4v) is 5.28. The number of anilines is 2. The van der Waals surface area contributed by atoms with Gasteiger partial charge in [-0.3, -0.25) is 4.79 Å². The van der Waals surface area contributed by atoms with E-state index in [0.29, 0.717) is 28.0 Å². The van der Waals surface area contributed by atoms with Gasteiger partial charge in [0.05, 0.1) is 27.0 Å². The second kappa shape index (κ2) is 9.83. The Morgan fingerprint density at radius 1 is 1.03 bits per heavy atom. The topological polar surface area (TPSA) is 97.2 Å². The summed E-state index contributed by atoms with van der Waals surface area (Å²) in [7, 11) is 4.48. The van der Waals surface area contributed by atoms with Crippen LogP contribution >= 0.6 is 11.8 Å². The number of benzene rings is 2. The van der Waals surface area contributed by atoms with Gasteiger partial charge in [-0.1, -0.05) is 23.9 Å². The molecule has 0 saturated heterocycles. The molecule has 10 heteroatoms. The molecule has 0 saturated carbocycles. The SMILES string of the molecule is COc1ccc(N2C(=O)C3C(C)=C(C)SC3=[N+](CC(=O)Nc3ccccc3OC)C2=O)c(OC)c1.